The molecule has 0 aliphatic carbocycles. The zero-order valence-electron chi connectivity index (χ0n) is 14.0. The summed E-state index contributed by atoms with van der Waals surface area (Å²) in [7, 11) is 0. The van der Waals surface area contributed by atoms with Crippen molar-refractivity contribution < 1.29 is 0 Å². The van der Waals surface area contributed by atoms with Gasteiger partial charge in [0.05, 0.1) is 17.0 Å². The number of aryl methyl sites for hydroxylation is 2. The summed E-state index contributed by atoms with van der Waals surface area (Å²) in [6, 6.07) is 25.5. The molecule has 2 heteroatoms. The third-order valence-electron chi connectivity index (χ3n) is 4.65. The summed E-state index contributed by atoms with van der Waals surface area (Å²) < 4.78 is 0. The lowest BCUT2D eigenvalue weighted by atomic mass is 9.91. The van der Waals surface area contributed by atoms with Crippen molar-refractivity contribution in [2.24, 2.45) is 0 Å². The summed E-state index contributed by atoms with van der Waals surface area (Å²) in [5.41, 5.74) is 7.19. The second kappa shape index (κ2) is 5.97. The number of fused-ring (bicyclic) bond motifs is 1. The van der Waals surface area contributed by atoms with Crippen molar-refractivity contribution in [1.29, 1.82) is 0 Å². The van der Waals surface area contributed by atoms with Gasteiger partial charge in [-0.3, -0.25) is 0 Å². The van der Waals surface area contributed by atoms with E-state index in [2.05, 4.69) is 91.6 Å². The van der Waals surface area contributed by atoms with Gasteiger partial charge in [-0.05, 0) is 48.2 Å². The molecule has 4 rings (SSSR count). The largest absolute Gasteiger partial charge is 0.341 e. The molecule has 0 aliphatic heterocycles. The lowest BCUT2D eigenvalue weighted by molar-refractivity contribution is 0.891. The number of hydrogen-bond donors (Lipinski definition) is 1. The molecule has 0 spiro atoms. The van der Waals surface area contributed by atoms with E-state index in [-0.39, 0.29) is 5.92 Å². The lowest BCUT2D eigenvalue weighted by Crippen LogP contribution is -2.05. The number of aromatic nitrogens is 2. The molecule has 4 aromatic rings. The predicted octanol–water partition coefficient (Wildman–Crippen LogP) is 5.36. The fourth-order valence-corrected chi connectivity index (χ4v) is 3.23. The van der Waals surface area contributed by atoms with Crippen LogP contribution >= 0.6 is 0 Å². The first-order chi connectivity index (χ1) is 11.7. The van der Waals surface area contributed by atoms with E-state index in [0.29, 0.717) is 0 Å². The van der Waals surface area contributed by atoms with Crippen LogP contribution < -0.4 is 0 Å². The Bertz CT molecular complexity index is 890. The number of rotatable bonds is 3. The highest BCUT2D eigenvalue weighted by Gasteiger charge is 2.20. The molecule has 1 aromatic heterocycles. The van der Waals surface area contributed by atoms with Gasteiger partial charge in [0.2, 0.25) is 0 Å². The minimum atomic E-state index is 0.111. The highest BCUT2D eigenvalue weighted by atomic mass is 14.9. The van der Waals surface area contributed by atoms with Crippen molar-refractivity contribution in [2.45, 2.75) is 19.8 Å². The molecule has 118 valence electrons. The average molecular weight is 312 g/mol. The van der Waals surface area contributed by atoms with Crippen LogP contribution in [0.25, 0.3) is 11.0 Å². The predicted molar refractivity (Wildman–Crippen MR) is 99.4 cm³/mol. The Kier molecular flexibility index (Phi) is 3.66. The molecular formula is C22H20N2. The van der Waals surface area contributed by atoms with E-state index in [1.807, 2.05) is 0 Å². The van der Waals surface area contributed by atoms with Gasteiger partial charge in [0.25, 0.3) is 0 Å². The molecule has 0 radical (unpaired) electrons. The van der Waals surface area contributed by atoms with Crippen LogP contribution in [0.5, 0.6) is 0 Å². The van der Waals surface area contributed by atoms with Gasteiger partial charge in [-0.1, -0.05) is 60.7 Å². The van der Waals surface area contributed by atoms with E-state index < -0.39 is 0 Å². The molecule has 0 unspecified atom stereocenters. The van der Waals surface area contributed by atoms with Crippen LogP contribution in [0.2, 0.25) is 0 Å². The van der Waals surface area contributed by atoms with Crippen molar-refractivity contribution in [1.82, 2.24) is 9.97 Å². The van der Waals surface area contributed by atoms with Crippen LogP contribution in [0.1, 0.15) is 34.0 Å². The topological polar surface area (TPSA) is 28.7 Å². The fourth-order valence-electron chi connectivity index (χ4n) is 3.23. The fraction of sp³-hybridized carbons (Fsp3) is 0.136. The molecule has 1 heterocycles. The van der Waals surface area contributed by atoms with E-state index in [0.717, 1.165) is 16.9 Å². The van der Waals surface area contributed by atoms with E-state index in [4.69, 9.17) is 4.98 Å². The molecular weight excluding hydrogens is 292 g/mol. The minimum Gasteiger partial charge on any atom is -0.341 e. The zero-order valence-corrected chi connectivity index (χ0v) is 14.0. The molecule has 0 amide bonds. The summed E-state index contributed by atoms with van der Waals surface area (Å²) in [5.74, 6) is 1.10. The van der Waals surface area contributed by atoms with Gasteiger partial charge in [-0.25, -0.2) is 4.98 Å². The summed E-state index contributed by atoms with van der Waals surface area (Å²) in [6.45, 7) is 4.27. The maximum absolute atomic E-state index is 4.91. The maximum atomic E-state index is 4.91. The SMILES string of the molecule is Cc1cc2nc(C(c3ccccc3)c3ccccc3)[nH]c2cc1C. The Hall–Kier alpha value is -2.87. The Morgan fingerprint density at radius 1 is 0.750 bits per heavy atom. The lowest BCUT2D eigenvalue weighted by Gasteiger charge is -2.15. The van der Waals surface area contributed by atoms with Crippen LogP contribution in [-0.4, -0.2) is 9.97 Å². The third kappa shape index (κ3) is 2.61. The molecule has 3 aromatic carbocycles. The van der Waals surface area contributed by atoms with Gasteiger partial charge in [-0.2, -0.15) is 0 Å². The standard InChI is InChI=1S/C22H20N2/c1-15-13-19-20(14-16(15)2)24-22(23-19)21(17-9-5-3-6-10-17)18-11-7-4-8-12-18/h3-14,21H,1-2H3,(H,23,24). The second-order valence-electron chi connectivity index (χ2n) is 6.33. The smallest absolute Gasteiger partial charge is 0.119 e. The molecule has 0 atom stereocenters. The number of nitrogens with zero attached hydrogens (tertiary/aromatic N) is 1. The number of benzene rings is 3. The van der Waals surface area contributed by atoms with Gasteiger partial charge < -0.3 is 4.98 Å². The Labute approximate surface area is 142 Å². The van der Waals surface area contributed by atoms with Crippen molar-refractivity contribution in [3.63, 3.8) is 0 Å². The van der Waals surface area contributed by atoms with Gasteiger partial charge in [-0.15, -0.1) is 0 Å². The molecule has 2 nitrogen and oxygen atoms in total. The molecule has 24 heavy (non-hydrogen) atoms. The van der Waals surface area contributed by atoms with E-state index >= 15 is 0 Å². The molecule has 0 saturated heterocycles. The van der Waals surface area contributed by atoms with E-state index in [1.165, 1.54) is 22.3 Å². The third-order valence-corrected chi connectivity index (χ3v) is 4.65. The summed E-state index contributed by atoms with van der Waals surface area (Å²) in [6.07, 6.45) is 0. The van der Waals surface area contributed by atoms with Crippen LogP contribution in [0.15, 0.2) is 72.8 Å². The number of aromatic amines is 1. The zero-order chi connectivity index (χ0) is 16.5. The van der Waals surface area contributed by atoms with Crippen molar-refractivity contribution in [3.8, 4) is 0 Å². The summed E-state index contributed by atoms with van der Waals surface area (Å²) in [5, 5.41) is 0. The molecule has 1 N–H and O–H groups in total. The van der Waals surface area contributed by atoms with Crippen LogP contribution in [0.3, 0.4) is 0 Å². The highest BCUT2D eigenvalue weighted by Crippen LogP contribution is 2.31. The molecule has 0 bridgehead atoms. The van der Waals surface area contributed by atoms with Gasteiger partial charge in [0.15, 0.2) is 0 Å². The first-order valence-electron chi connectivity index (χ1n) is 8.29. The number of imidazole rings is 1. The highest BCUT2D eigenvalue weighted by molar-refractivity contribution is 5.77. The van der Waals surface area contributed by atoms with Crippen molar-refractivity contribution >= 4 is 11.0 Å². The Morgan fingerprint density at radius 2 is 1.29 bits per heavy atom. The molecule has 0 fully saturated rings. The monoisotopic (exact) mass is 312 g/mol. The van der Waals surface area contributed by atoms with Gasteiger partial charge in [0, 0.05) is 0 Å². The van der Waals surface area contributed by atoms with Gasteiger partial charge in [0.1, 0.15) is 5.82 Å². The molecule has 0 saturated carbocycles. The van der Waals surface area contributed by atoms with Crippen LogP contribution in [0, 0.1) is 13.8 Å². The van der Waals surface area contributed by atoms with E-state index in [9.17, 15) is 0 Å². The number of hydrogen-bond acceptors (Lipinski definition) is 1. The van der Waals surface area contributed by atoms with Crippen LogP contribution in [-0.2, 0) is 0 Å². The Morgan fingerprint density at radius 3 is 1.88 bits per heavy atom. The van der Waals surface area contributed by atoms with Gasteiger partial charge >= 0.3 is 0 Å². The van der Waals surface area contributed by atoms with Crippen molar-refractivity contribution in [2.75, 3.05) is 0 Å². The second-order valence-corrected chi connectivity index (χ2v) is 6.33. The van der Waals surface area contributed by atoms with Crippen molar-refractivity contribution in [3.05, 3.63) is 101 Å². The number of H-pyrrole nitrogens is 1. The maximum Gasteiger partial charge on any atom is 0.119 e. The Balaban J connectivity index is 1.91. The average Bonchev–Trinajstić information content (AvgIpc) is 2.99. The first-order valence-corrected chi connectivity index (χ1v) is 8.29. The first kappa shape index (κ1) is 14.7. The summed E-state index contributed by atoms with van der Waals surface area (Å²) in [4.78, 5) is 8.46. The minimum absolute atomic E-state index is 0.111. The van der Waals surface area contributed by atoms with Crippen LogP contribution in [0.4, 0.5) is 0 Å². The van der Waals surface area contributed by atoms with E-state index in [1.54, 1.807) is 0 Å². The molecule has 0 aliphatic rings. The quantitative estimate of drug-likeness (QED) is 0.542. The number of nitrogens with one attached hydrogen (secondary N) is 1. The normalized spacial score (nSPS) is 11.3. The summed E-state index contributed by atoms with van der Waals surface area (Å²) >= 11 is 0.